The zero-order valence-corrected chi connectivity index (χ0v) is 65.4. The SMILES string of the molecule is CC/C=C\C/C=C\C/C=C\C/C=C\C/C=C\C/C=C\CCCCCCCCCCCCCCC(=O)NC(COC1OC(CO)C(OC2OC(CO)C(OC3OC(CO)C(O)C(O)C3O)C(O)C2O)C(O)C1O)C(O)/C=C/CCCCCCCCCCCCCCCCCCCCCCCCCCCCC. The van der Waals surface area contributed by atoms with Gasteiger partial charge in [-0.25, -0.2) is 0 Å². The quantitative estimate of drug-likeness (QED) is 0.0199. The van der Waals surface area contributed by atoms with Crippen LogP contribution in [0.3, 0.4) is 0 Å². The van der Waals surface area contributed by atoms with Gasteiger partial charge in [0.25, 0.3) is 0 Å². The summed E-state index contributed by atoms with van der Waals surface area (Å²) in [5.41, 5.74) is 0. The van der Waals surface area contributed by atoms with Crippen LogP contribution < -0.4 is 5.32 Å². The molecule has 0 aromatic heterocycles. The summed E-state index contributed by atoms with van der Waals surface area (Å²) in [7, 11) is 0. The Morgan fingerprint density at radius 1 is 0.352 bits per heavy atom. The average Bonchev–Trinajstić information content (AvgIpc) is 0.781. The van der Waals surface area contributed by atoms with E-state index in [2.05, 4.69) is 92.1 Å². The smallest absolute Gasteiger partial charge is 0.220 e. The van der Waals surface area contributed by atoms with Crippen LogP contribution >= 0.6 is 0 Å². The number of nitrogens with one attached hydrogen (secondary N) is 1. The standard InChI is InChI=1S/C86H153NO18/c1-3-5-7-9-11-13-15-17-19-21-23-25-27-29-31-33-34-36-38-40-42-44-46-48-50-52-54-56-58-60-62-64-74(92)87-69(70(91)63-61-59-57-55-53-51-49-47-45-43-41-39-37-35-32-30-28-26-24-22-20-18-16-14-12-10-8-6-4-2)68-100-84-80(98)77(95)82(72(66-89)102-84)105-86-81(99)78(96)83(73(67-90)103-86)104-85-79(97)76(94)75(93)71(65-88)101-85/h5,7,11,13,17,19,23,25,29,31,34,36,61,63,69-73,75-86,88-91,93-99H,3-4,6,8-10,12,14-16,18,20-22,24,26-28,30,32-33,35,37-60,62,64-68H2,1-2H3,(H,87,92)/b7-5-,13-11-,19-17-,25-23-,31-29-,36-34-,63-61+. The van der Waals surface area contributed by atoms with Crippen molar-refractivity contribution in [3.05, 3.63) is 85.1 Å². The van der Waals surface area contributed by atoms with E-state index in [1.54, 1.807) is 6.08 Å². The second kappa shape index (κ2) is 65.7. The van der Waals surface area contributed by atoms with Crippen molar-refractivity contribution in [1.82, 2.24) is 5.32 Å². The van der Waals surface area contributed by atoms with Gasteiger partial charge in [0.2, 0.25) is 5.91 Å². The largest absolute Gasteiger partial charge is 0.394 e. The zero-order chi connectivity index (χ0) is 76.0. The first-order chi connectivity index (χ1) is 51.3. The highest BCUT2D eigenvalue weighted by Crippen LogP contribution is 2.33. The van der Waals surface area contributed by atoms with Gasteiger partial charge in [0.1, 0.15) is 73.2 Å². The lowest BCUT2D eigenvalue weighted by molar-refractivity contribution is -0.379. The van der Waals surface area contributed by atoms with Crippen molar-refractivity contribution in [2.24, 2.45) is 0 Å². The molecule has 0 saturated carbocycles. The summed E-state index contributed by atoms with van der Waals surface area (Å²) in [4.78, 5) is 13.5. The van der Waals surface area contributed by atoms with Gasteiger partial charge in [-0.05, 0) is 70.6 Å². The monoisotopic (exact) mass is 1490 g/mol. The Balaban J connectivity index is 1.36. The number of allylic oxidation sites excluding steroid dienone is 13. The van der Waals surface area contributed by atoms with Crippen molar-refractivity contribution >= 4 is 5.91 Å². The van der Waals surface area contributed by atoms with Crippen LogP contribution in [0.1, 0.15) is 322 Å². The Morgan fingerprint density at radius 3 is 1.03 bits per heavy atom. The van der Waals surface area contributed by atoms with E-state index in [1.165, 1.54) is 199 Å². The molecule has 0 aromatic carbocycles. The molecule has 12 N–H and O–H groups in total. The Labute approximate surface area is 635 Å². The Bertz CT molecular complexity index is 2230. The predicted octanol–water partition coefficient (Wildman–Crippen LogP) is 15.0. The van der Waals surface area contributed by atoms with Gasteiger partial charge in [0.15, 0.2) is 18.9 Å². The lowest BCUT2D eigenvalue weighted by Gasteiger charge is -2.48. The fraction of sp³-hybridized carbons (Fsp3) is 0.826. The van der Waals surface area contributed by atoms with Crippen LogP contribution in [0.4, 0.5) is 0 Å². The number of carbonyl (C=O) groups is 1. The molecule has 17 atom stereocenters. The van der Waals surface area contributed by atoms with Gasteiger partial charge >= 0.3 is 0 Å². The predicted molar refractivity (Wildman–Crippen MR) is 420 cm³/mol. The van der Waals surface area contributed by atoms with Gasteiger partial charge < -0.3 is 89.9 Å². The second-order valence-corrected chi connectivity index (χ2v) is 29.9. The third-order valence-corrected chi connectivity index (χ3v) is 20.7. The first-order valence-corrected chi connectivity index (χ1v) is 42.3. The number of carbonyl (C=O) groups excluding carboxylic acids is 1. The first kappa shape index (κ1) is 96.2. The molecule has 0 bridgehead atoms. The van der Waals surface area contributed by atoms with Crippen molar-refractivity contribution in [3.8, 4) is 0 Å². The number of hydrogen-bond donors (Lipinski definition) is 12. The Hall–Kier alpha value is -3.03. The van der Waals surface area contributed by atoms with Gasteiger partial charge in [-0.3, -0.25) is 4.79 Å². The van der Waals surface area contributed by atoms with Gasteiger partial charge in [-0.15, -0.1) is 0 Å². The maximum absolute atomic E-state index is 13.5. The molecule has 3 saturated heterocycles. The molecular formula is C86H153NO18. The van der Waals surface area contributed by atoms with Gasteiger partial charge in [-0.2, -0.15) is 0 Å². The van der Waals surface area contributed by atoms with Crippen LogP contribution in [0.2, 0.25) is 0 Å². The molecule has 1 amide bonds. The molecule has 17 unspecified atom stereocenters. The lowest BCUT2D eigenvalue weighted by atomic mass is 9.96. The van der Waals surface area contributed by atoms with E-state index in [0.29, 0.717) is 6.42 Å². The number of amides is 1. The third-order valence-electron chi connectivity index (χ3n) is 20.7. The van der Waals surface area contributed by atoms with Crippen LogP contribution in [-0.2, 0) is 33.2 Å². The van der Waals surface area contributed by atoms with Crippen LogP contribution in [0.5, 0.6) is 0 Å². The molecule has 19 heteroatoms. The van der Waals surface area contributed by atoms with E-state index < -0.39 is 124 Å². The fourth-order valence-electron chi connectivity index (χ4n) is 14.0. The van der Waals surface area contributed by atoms with Gasteiger partial charge in [0.05, 0.1) is 38.6 Å². The maximum atomic E-state index is 13.5. The molecule has 610 valence electrons. The first-order valence-electron chi connectivity index (χ1n) is 42.3. The van der Waals surface area contributed by atoms with Gasteiger partial charge in [-0.1, -0.05) is 330 Å². The molecule has 0 spiro atoms. The molecular weight excluding hydrogens is 1330 g/mol. The van der Waals surface area contributed by atoms with Crippen LogP contribution in [0.15, 0.2) is 85.1 Å². The van der Waals surface area contributed by atoms with Crippen molar-refractivity contribution in [2.75, 3.05) is 26.4 Å². The highest BCUT2D eigenvalue weighted by Gasteiger charge is 2.54. The lowest BCUT2D eigenvalue weighted by Crippen LogP contribution is -2.66. The number of ether oxygens (including phenoxy) is 6. The van der Waals surface area contributed by atoms with Crippen LogP contribution in [-0.4, -0.2) is 193 Å². The van der Waals surface area contributed by atoms with Crippen molar-refractivity contribution in [3.63, 3.8) is 0 Å². The summed E-state index contributed by atoms with van der Waals surface area (Å²) in [6, 6.07) is -0.981. The van der Waals surface area contributed by atoms with Crippen molar-refractivity contribution < 1.29 is 89.4 Å². The van der Waals surface area contributed by atoms with Gasteiger partial charge in [0, 0.05) is 6.42 Å². The molecule has 3 rings (SSSR count). The van der Waals surface area contributed by atoms with E-state index in [-0.39, 0.29) is 18.9 Å². The number of hydrogen-bond acceptors (Lipinski definition) is 18. The average molecular weight is 1490 g/mol. The van der Waals surface area contributed by atoms with E-state index >= 15 is 0 Å². The summed E-state index contributed by atoms with van der Waals surface area (Å²) < 4.78 is 34.5. The highest BCUT2D eigenvalue weighted by atomic mass is 16.8. The number of aliphatic hydroxyl groups is 11. The van der Waals surface area contributed by atoms with Crippen molar-refractivity contribution in [2.45, 2.75) is 426 Å². The molecule has 3 aliphatic rings. The zero-order valence-electron chi connectivity index (χ0n) is 65.4. The van der Waals surface area contributed by atoms with E-state index in [4.69, 9.17) is 28.4 Å². The molecule has 3 fully saturated rings. The van der Waals surface area contributed by atoms with Crippen LogP contribution in [0, 0.1) is 0 Å². The Kier molecular flexibility index (Phi) is 60.1. The van der Waals surface area contributed by atoms with E-state index in [1.807, 2.05) is 6.08 Å². The summed E-state index contributed by atoms with van der Waals surface area (Å²) in [6.07, 6.45) is 61.4. The normalized spacial score (nSPS) is 26.2. The van der Waals surface area contributed by atoms with Crippen molar-refractivity contribution in [1.29, 1.82) is 0 Å². The minimum Gasteiger partial charge on any atom is -0.394 e. The number of rotatable bonds is 67. The Morgan fingerprint density at radius 2 is 0.657 bits per heavy atom. The van der Waals surface area contributed by atoms with E-state index in [9.17, 15) is 61.0 Å². The maximum Gasteiger partial charge on any atom is 0.220 e. The molecule has 3 heterocycles. The minimum atomic E-state index is -1.98. The third kappa shape index (κ3) is 45.2. The summed E-state index contributed by atoms with van der Waals surface area (Å²) in [5.74, 6) is -0.277. The molecule has 0 radical (unpaired) electrons. The highest BCUT2D eigenvalue weighted by molar-refractivity contribution is 5.76. The minimum absolute atomic E-state index is 0.237. The number of unbranched alkanes of at least 4 members (excludes halogenated alkanes) is 39. The topological polar surface area (TPSA) is 307 Å². The molecule has 19 nitrogen and oxygen atoms in total. The second-order valence-electron chi connectivity index (χ2n) is 29.9. The number of aliphatic hydroxyl groups excluding tert-OH is 11. The summed E-state index contributed by atoms with van der Waals surface area (Å²) in [6.45, 7) is 1.66. The van der Waals surface area contributed by atoms with E-state index in [0.717, 1.165) is 96.3 Å². The van der Waals surface area contributed by atoms with Crippen LogP contribution in [0.25, 0.3) is 0 Å². The molecule has 105 heavy (non-hydrogen) atoms. The summed E-state index contributed by atoms with van der Waals surface area (Å²) >= 11 is 0. The molecule has 0 aliphatic carbocycles. The molecule has 0 aromatic rings. The fourth-order valence-corrected chi connectivity index (χ4v) is 14.0. The molecule has 3 aliphatic heterocycles. The summed E-state index contributed by atoms with van der Waals surface area (Å²) in [5, 5.41) is 121.